The fourth-order valence-corrected chi connectivity index (χ4v) is 4.06. The Morgan fingerprint density at radius 2 is 1.84 bits per heavy atom. The molecular weight excluding hydrogens is 344 g/mol. The topological polar surface area (TPSA) is 93.4 Å². The average Bonchev–Trinajstić information content (AvgIpc) is 2.80. The Hall–Kier alpha value is -2.13. The molecule has 25 heavy (non-hydrogen) atoms. The third-order valence-corrected chi connectivity index (χ3v) is 5.55. The van der Waals surface area contributed by atoms with Gasteiger partial charge in [0, 0.05) is 13.1 Å². The molecule has 0 aliphatic carbocycles. The number of likely N-dealkylation sites (N-methyl/N-ethyl adjacent to an activating group) is 1. The van der Waals surface area contributed by atoms with Gasteiger partial charge in [0.25, 0.3) is 0 Å². The van der Waals surface area contributed by atoms with Crippen molar-refractivity contribution in [1.82, 2.24) is 18.8 Å². The van der Waals surface area contributed by atoms with Crippen LogP contribution in [0.3, 0.4) is 0 Å². The fraction of sp³-hybridized carbons (Fsp3) is 0.500. The van der Waals surface area contributed by atoms with Crippen LogP contribution in [-0.4, -0.2) is 60.7 Å². The van der Waals surface area contributed by atoms with E-state index in [4.69, 9.17) is 0 Å². The van der Waals surface area contributed by atoms with Crippen molar-refractivity contribution < 1.29 is 13.2 Å². The second-order valence-corrected chi connectivity index (χ2v) is 8.03. The number of rotatable bonds is 8. The molecular formula is C16H24N4O4S. The van der Waals surface area contributed by atoms with Crippen molar-refractivity contribution >= 4 is 27.0 Å². The van der Waals surface area contributed by atoms with Crippen molar-refractivity contribution in [3.8, 4) is 0 Å². The first-order valence-corrected chi connectivity index (χ1v) is 9.73. The van der Waals surface area contributed by atoms with Crippen LogP contribution in [0.15, 0.2) is 29.1 Å². The summed E-state index contributed by atoms with van der Waals surface area (Å²) in [5.74, 6) is -0.463. The number of carbonyl (C=O) groups is 1. The van der Waals surface area contributed by atoms with Crippen LogP contribution in [-0.2, 0) is 21.4 Å². The van der Waals surface area contributed by atoms with Crippen molar-refractivity contribution in [2.24, 2.45) is 0 Å². The number of nitrogens with one attached hydrogen (secondary N) is 1. The lowest BCUT2D eigenvalue weighted by atomic mass is 10.3. The third kappa shape index (κ3) is 4.29. The maximum atomic E-state index is 12.7. The quantitative estimate of drug-likeness (QED) is 0.712. The summed E-state index contributed by atoms with van der Waals surface area (Å²) in [7, 11) is 0.0177. The van der Waals surface area contributed by atoms with Crippen LogP contribution in [0.1, 0.15) is 13.3 Å². The van der Waals surface area contributed by atoms with Crippen molar-refractivity contribution in [1.29, 1.82) is 0 Å². The SMILES string of the molecule is CCCS(=O)(=O)n1c(=O)n(CC(=O)NCCN(C)C)c2ccccc21. The number of hydrogen-bond donors (Lipinski definition) is 1. The fourth-order valence-electron chi connectivity index (χ4n) is 2.57. The minimum absolute atomic E-state index is 0.129. The summed E-state index contributed by atoms with van der Waals surface area (Å²) >= 11 is 0. The molecule has 1 aromatic heterocycles. The Morgan fingerprint density at radius 1 is 1.20 bits per heavy atom. The lowest BCUT2D eigenvalue weighted by Gasteiger charge is -2.10. The molecule has 8 nitrogen and oxygen atoms in total. The molecule has 0 radical (unpaired) electrons. The minimum Gasteiger partial charge on any atom is -0.353 e. The molecule has 1 heterocycles. The zero-order valence-corrected chi connectivity index (χ0v) is 15.5. The number of aromatic nitrogens is 2. The van der Waals surface area contributed by atoms with Gasteiger partial charge in [0.2, 0.25) is 15.9 Å². The Bertz CT molecular complexity index is 912. The average molecular weight is 368 g/mol. The highest BCUT2D eigenvalue weighted by molar-refractivity contribution is 7.90. The first-order valence-electron chi connectivity index (χ1n) is 8.13. The number of carbonyl (C=O) groups excluding carboxylic acids is 1. The van der Waals surface area contributed by atoms with Crippen molar-refractivity contribution in [3.05, 3.63) is 34.7 Å². The summed E-state index contributed by atoms with van der Waals surface area (Å²) in [5.41, 5.74) is 0.00869. The zero-order valence-electron chi connectivity index (χ0n) is 14.7. The molecule has 0 unspecified atom stereocenters. The molecule has 0 aliphatic heterocycles. The van der Waals surface area contributed by atoms with Gasteiger partial charge in [-0.1, -0.05) is 19.1 Å². The predicted molar refractivity (Wildman–Crippen MR) is 97.2 cm³/mol. The second-order valence-electron chi connectivity index (χ2n) is 6.09. The molecule has 1 amide bonds. The summed E-state index contributed by atoms with van der Waals surface area (Å²) in [6.45, 7) is 2.64. The van der Waals surface area contributed by atoms with Crippen LogP contribution in [0.2, 0.25) is 0 Å². The Kier molecular flexibility index (Phi) is 6.02. The maximum Gasteiger partial charge on any atom is 0.343 e. The second kappa shape index (κ2) is 7.83. The van der Waals surface area contributed by atoms with Crippen molar-refractivity contribution in [2.75, 3.05) is 32.9 Å². The largest absolute Gasteiger partial charge is 0.353 e. The van der Waals surface area contributed by atoms with E-state index in [9.17, 15) is 18.0 Å². The molecule has 1 aromatic carbocycles. The summed E-state index contributed by atoms with van der Waals surface area (Å²) < 4.78 is 26.9. The highest BCUT2D eigenvalue weighted by Crippen LogP contribution is 2.15. The Balaban J connectivity index is 2.40. The first-order chi connectivity index (χ1) is 11.8. The van der Waals surface area contributed by atoms with Crippen molar-refractivity contribution in [2.45, 2.75) is 19.9 Å². The number of benzene rings is 1. The van der Waals surface area contributed by atoms with E-state index < -0.39 is 15.7 Å². The smallest absolute Gasteiger partial charge is 0.343 e. The van der Waals surface area contributed by atoms with Gasteiger partial charge in [0.15, 0.2) is 0 Å². The zero-order chi connectivity index (χ0) is 18.6. The highest BCUT2D eigenvalue weighted by Gasteiger charge is 2.23. The van der Waals surface area contributed by atoms with Gasteiger partial charge >= 0.3 is 5.69 Å². The van der Waals surface area contributed by atoms with Crippen LogP contribution in [0.25, 0.3) is 11.0 Å². The van der Waals surface area contributed by atoms with Crippen LogP contribution < -0.4 is 11.0 Å². The maximum absolute atomic E-state index is 12.7. The standard InChI is InChI=1S/C16H24N4O4S/c1-4-11-25(23,24)20-14-8-6-5-7-13(14)19(16(20)22)12-15(21)17-9-10-18(2)3/h5-8H,4,9-12H2,1-3H3,(H,17,21). The summed E-state index contributed by atoms with van der Waals surface area (Å²) in [6.07, 6.45) is 0.402. The van der Waals surface area contributed by atoms with E-state index in [1.165, 1.54) is 4.57 Å². The molecule has 0 saturated heterocycles. The number of imidazole rings is 1. The van der Waals surface area contributed by atoms with Gasteiger partial charge < -0.3 is 10.2 Å². The first kappa shape index (κ1) is 19.2. The van der Waals surface area contributed by atoms with Gasteiger partial charge in [-0.2, -0.15) is 3.97 Å². The molecule has 2 aromatic rings. The highest BCUT2D eigenvalue weighted by atomic mass is 32.2. The molecule has 0 aliphatic rings. The van der Waals surface area contributed by atoms with Gasteiger partial charge in [-0.3, -0.25) is 9.36 Å². The van der Waals surface area contributed by atoms with Crippen LogP contribution >= 0.6 is 0 Å². The molecule has 9 heteroatoms. The monoisotopic (exact) mass is 368 g/mol. The molecule has 1 N–H and O–H groups in total. The number of fused-ring (bicyclic) bond motifs is 1. The molecule has 2 rings (SSSR count). The van der Waals surface area contributed by atoms with Gasteiger partial charge in [0.05, 0.1) is 16.8 Å². The lowest BCUT2D eigenvalue weighted by molar-refractivity contribution is -0.121. The van der Waals surface area contributed by atoms with E-state index in [-0.39, 0.29) is 18.2 Å². The van der Waals surface area contributed by atoms with Gasteiger partial charge in [-0.25, -0.2) is 13.2 Å². The lowest BCUT2D eigenvalue weighted by Crippen LogP contribution is -2.37. The number of amides is 1. The Morgan fingerprint density at radius 3 is 2.44 bits per heavy atom. The van der Waals surface area contributed by atoms with Gasteiger partial charge in [0.1, 0.15) is 6.54 Å². The van der Waals surface area contributed by atoms with E-state index in [0.29, 0.717) is 30.5 Å². The molecule has 138 valence electrons. The van der Waals surface area contributed by atoms with Gasteiger partial charge in [-0.05, 0) is 32.6 Å². The molecule has 0 atom stereocenters. The summed E-state index contributed by atoms with van der Waals surface area (Å²) in [4.78, 5) is 26.7. The molecule has 0 saturated carbocycles. The van der Waals surface area contributed by atoms with Crippen LogP contribution in [0.5, 0.6) is 0 Å². The molecule has 0 spiro atoms. The van der Waals surface area contributed by atoms with Crippen LogP contribution in [0.4, 0.5) is 0 Å². The van der Waals surface area contributed by atoms with E-state index in [1.54, 1.807) is 31.2 Å². The summed E-state index contributed by atoms with van der Waals surface area (Å²) in [6, 6.07) is 6.59. The third-order valence-electron chi connectivity index (χ3n) is 3.72. The number of nitrogens with zero attached hydrogens (tertiary/aromatic N) is 3. The molecule has 0 bridgehead atoms. The number of para-hydroxylation sites is 2. The van der Waals surface area contributed by atoms with Crippen molar-refractivity contribution in [3.63, 3.8) is 0 Å². The number of hydrogen-bond acceptors (Lipinski definition) is 5. The predicted octanol–water partition coefficient (Wildman–Crippen LogP) is 0.0687. The van der Waals surface area contributed by atoms with Crippen LogP contribution in [0, 0.1) is 0 Å². The van der Waals surface area contributed by atoms with E-state index in [0.717, 1.165) is 3.97 Å². The van der Waals surface area contributed by atoms with E-state index in [2.05, 4.69) is 5.32 Å². The normalized spacial score (nSPS) is 12.0. The summed E-state index contributed by atoms with van der Waals surface area (Å²) in [5, 5.41) is 2.73. The molecule has 0 fully saturated rings. The van der Waals surface area contributed by atoms with E-state index in [1.807, 2.05) is 19.0 Å². The van der Waals surface area contributed by atoms with Gasteiger partial charge in [-0.15, -0.1) is 0 Å². The Labute approximate surface area is 147 Å². The van der Waals surface area contributed by atoms with E-state index >= 15 is 0 Å². The minimum atomic E-state index is -3.77.